The van der Waals surface area contributed by atoms with Crippen molar-refractivity contribution < 1.29 is 27.2 Å². The highest BCUT2D eigenvalue weighted by atomic mass is 127. The van der Waals surface area contributed by atoms with Crippen LogP contribution in [0.4, 0.5) is 30.4 Å². The number of rotatable bonds is 11. The van der Waals surface area contributed by atoms with Gasteiger partial charge in [0.25, 0.3) is 17.0 Å². The van der Waals surface area contributed by atoms with Gasteiger partial charge in [0.1, 0.15) is 17.0 Å². The van der Waals surface area contributed by atoms with E-state index in [2.05, 4.69) is 21.0 Å². The summed E-state index contributed by atoms with van der Waals surface area (Å²) in [5.41, 5.74) is 6.77. The Labute approximate surface area is 391 Å². The van der Waals surface area contributed by atoms with Crippen LogP contribution in [0, 0.1) is 27.9 Å². The second-order valence-corrected chi connectivity index (χ2v) is 17.2. The van der Waals surface area contributed by atoms with Gasteiger partial charge in [-0.05, 0) is 114 Å². The number of hydrogen-bond donors (Lipinski definition) is 4. The summed E-state index contributed by atoms with van der Waals surface area (Å²) in [5.74, 6) is -3.25. The van der Waals surface area contributed by atoms with Crippen LogP contribution in [-0.4, -0.2) is 47.9 Å². The Morgan fingerprint density at radius 3 is 2.34 bits per heavy atom. The summed E-state index contributed by atoms with van der Waals surface area (Å²) in [6.45, 7) is 3.01. The van der Waals surface area contributed by atoms with Crippen molar-refractivity contribution in [2.75, 3.05) is 17.2 Å². The predicted octanol–water partition coefficient (Wildman–Crippen LogP) is 7.51. The van der Waals surface area contributed by atoms with Crippen molar-refractivity contribution in [3.63, 3.8) is 0 Å². The number of nitrogens with zero attached hydrogens (tertiary/aromatic N) is 5. The Kier molecular flexibility index (Phi) is 13.8. The van der Waals surface area contributed by atoms with E-state index in [-0.39, 0.29) is 63.9 Å². The third kappa shape index (κ3) is 9.77. The van der Waals surface area contributed by atoms with Crippen LogP contribution < -0.4 is 38.5 Å². The van der Waals surface area contributed by atoms with E-state index in [9.17, 15) is 37.1 Å². The van der Waals surface area contributed by atoms with Crippen molar-refractivity contribution in [2.24, 2.45) is 19.8 Å². The van der Waals surface area contributed by atoms with Gasteiger partial charge in [0.05, 0.1) is 39.4 Å². The Morgan fingerprint density at radius 1 is 0.969 bits per heavy atom. The van der Waals surface area contributed by atoms with Gasteiger partial charge in [-0.15, -0.1) is 0 Å². The number of aromatic nitrogens is 5. The second-order valence-electron chi connectivity index (χ2n) is 15.2. The molecule has 1 aliphatic carbocycles. The van der Waals surface area contributed by atoms with Crippen molar-refractivity contribution in [2.45, 2.75) is 45.2 Å². The van der Waals surface area contributed by atoms with Crippen LogP contribution in [-0.2, 0) is 25.3 Å². The minimum absolute atomic E-state index is 0.0134. The molecule has 1 aliphatic rings. The molecule has 7 aromatic rings. The molecule has 0 unspecified atom stereocenters. The summed E-state index contributed by atoms with van der Waals surface area (Å²) >= 11 is 14.2. The summed E-state index contributed by atoms with van der Waals surface area (Å²) in [5, 5.41) is 12.8. The molecule has 3 aromatic carbocycles. The summed E-state index contributed by atoms with van der Waals surface area (Å²) in [6, 6.07) is 15.4. The zero-order valence-corrected chi connectivity index (χ0v) is 38.6. The van der Waals surface area contributed by atoms with Crippen LogP contribution in [0.3, 0.4) is 0 Å². The van der Waals surface area contributed by atoms with Crippen LogP contribution in [0.25, 0.3) is 27.8 Å². The number of amides is 2. The van der Waals surface area contributed by atoms with E-state index in [1.165, 1.54) is 62.8 Å². The second kappa shape index (κ2) is 19.1. The van der Waals surface area contributed by atoms with E-state index in [1.807, 2.05) is 22.6 Å². The number of hydrogen-bond acceptors (Lipinski definition) is 9. The molecule has 0 aliphatic heterocycles. The third-order valence-corrected chi connectivity index (χ3v) is 11.7. The molecule has 0 bridgehead atoms. The molecule has 4 aromatic heterocycles. The highest BCUT2D eigenvalue weighted by Crippen LogP contribution is 2.36. The average molecular weight is 1040 g/mol. The predicted molar refractivity (Wildman–Crippen MR) is 250 cm³/mol. The fourth-order valence-corrected chi connectivity index (χ4v) is 8.20. The molecule has 0 radical (unpaired) electrons. The normalized spacial score (nSPS) is 12.7. The fraction of sp³-hybridized carbons (Fsp3) is 0.227. The Hall–Kier alpha value is -6.16. The fourth-order valence-electron chi connectivity index (χ4n) is 7.26. The first kappa shape index (κ1) is 46.8. The number of pyridine rings is 1. The molecule has 65 heavy (non-hydrogen) atoms. The van der Waals surface area contributed by atoms with Crippen molar-refractivity contribution in [1.29, 1.82) is 0 Å². The topological polar surface area (TPSA) is 193 Å². The van der Waals surface area contributed by atoms with Gasteiger partial charge in [-0.2, -0.15) is 5.10 Å². The number of anilines is 3. The molecule has 0 saturated heterocycles. The Balaban J connectivity index is 0.000000202. The number of aryl methyl sites for hydroxylation is 2. The molecule has 4 heterocycles. The molecule has 2 amide bonds. The van der Waals surface area contributed by atoms with Crippen molar-refractivity contribution in [3.05, 3.63) is 152 Å². The molecule has 338 valence electrons. The van der Waals surface area contributed by atoms with Gasteiger partial charge in [0.2, 0.25) is 11.1 Å². The number of nitrogens with two attached hydrogens (primary N) is 1. The molecular formula is C44H39Cl2F3IN9O6. The molecule has 1 saturated carbocycles. The zero-order chi connectivity index (χ0) is 47.0. The molecule has 1 atom stereocenters. The summed E-state index contributed by atoms with van der Waals surface area (Å²) in [4.78, 5) is 65.1. The highest BCUT2D eigenvalue weighted by molar-refractivity contribution is 14.1. The minimum Gasteiger partial charge on any atom is -0.439 e. The minimum atomic E-state index is -0.963. The Morgan fingerprint density at radius 2 is 1.71 bits per heavy atom. The van der Waals surface area contributed by atoms with Crippen molar-refractivity contribution in [3.8, 4) is 16.9 Å². The number of fused-ring (bicyclic) bond motifs is 1. The zero-order valence-electron chi connectivity index (χ0n) is 34.9. The SMILES string of the molecule is CC(=O)Nc1cccc(-n2c(=O)n(C3CC3)c(=O)c3c(Nc4ccc(I)cc4F)n(C)c(=O)c(C)c32)c1.Cn1ncc(Cl)c1-c1cc(C(=O)N[C@H](CN)Cc2ccc(F)c(F)c2)oc1Cl. The Bertz CT molecular complexity index is 3200. The lowest BCUT2D eigenvalue weighted by molar-refractivity contribution is -0.114. The van der Waals surface area contributed by atoms with Crippen LogP contribution in [0.1, 0.15) is 47.5 Å². The first-order valence-electron chi connectivity index (χ1n) is 19.8. The lowest BCUT2D eigenvalue weighted by atomic mass is 10.1. The van der Waals surface area contributed by atoms with E-state index in [0.29, 0.717) is 49.6 Å². The van der Waals surface area contributed by atoms with E-state index in [1.54, 1.807) is 44.3 Å². The van der Waals surface area contributed by atoms with Crippen LogP contribution in [0.5, 0.6) is 0 Å². The highest BCUT2D eigenvalue weighted by Gasteiger charge is 2.32. The number of carbonyl (C=O) groups is 2. The summed E-state index contributed by atoms with van der Waals surface area (Å²) < 4.78 is 52.5. The molecule has 21 heteroatoms. The maximum atomic E-state index is 14.8. The molecule has 1 fully saturated rings. The maximum Gasteiger partial charge on any atom is 0.336 e. The van der Waals surface area contributed by atoms with Crippen LogP contribution >= 0.6 is 45.8 Å². The van der Waals surface area contributed by atoms with Crippen molar-refractivity contribution in [1.82, 2.24) is 28.8 Å². The smallest absolute Gasteiger partial charge is 0.336 e. The quantitative estimate of drug-likeness (QED) is 0.0950. The lowest BCUT2D eigenvalue weighted by Crippen LogP contribution is -2.41. The molecule has 8 rings (SSSR count). The summed E-state index contributed by atoms with van der Waals surface area (Å²) in [7, 11) is 3.17. The van der Waals surface area contributed by atoms with Gasteiger partial charge in [-0.3, -0.25) is 37.6 Å². The largest absolute Gasteiger partial charge is 0.439 e. The first-order valence-corrected chi connectivity index (χ1v) is 21.6. The number of carbonyl (C=O) groups excluding carboxylic acids is 2. The van der Waals surface area contributed by atoms with E-state index in [4.69, 9.17) is 33.4 Å². The first-order chi connectivity index (χ1) is 30.9. The van der Waals surface area contributed by atoms with Gasteiger partial charge in [0.15, 0.2) is 17.4 Å². The number of benzene rings is 3. The standard InChI is InChI=1S/C26H23FIN5O4.C18H16Cl2F2N4O2/c1-13-22-21(23(31(3)24(13)35)30-20-10-7-15(28)11-19(20)27)25(36)33(17-8-9-17)26(37)32(22)18-6-4-5-16(12-18)29-14(2)34;1-26-16(12(19)8-24-26)11-6-15(28-17(11)20)18(27)25-10(7-23)4-9-2-3-13(21)14(22)5-9/h4-7,10-12,17,30H,8-9H2,1-3H3,(H,29,34);2-3,5-6,8,10H,4,7,23H2,1H3,(H,25,27)/t;10-/m.0/s1. The number of halogens is 6. The number of furan rings is 1. The maximum absolute atomic E-state index is 14.8. The third-order valence-electron chi connectivity index (χ3n) is 10.5. The molecular weight excluding hydrogens is 1010 g/mol. The molecule has 15 nitrogen and oxygen atoms in total. The average Bonchev–Trinajstić information content (AvgIpc) is 3.94. The number of nitrogens with one attached hydrogen (secondary N) is 3. The summed E-state index contributed by atoms with van der Waals surface area (Å²) in [6.07, 6.45) is 3.01. The lowest BCUT2D eigenvalue weighted by Gasteiger charge is -2.21. The van der Waals surface area contributed by atoms with Crippen LogP contribution in [0.15, 0.2) is 91.7 Å². The molecule has 0 spiro atoms. The van der Waals surface area contributed by atoms with Gasteiger partial charge >= 0.3 is 5.69 Å². The van der Waals surface area contributed by atoms with Crippen molar-refractivity contribution >= 4 is 85.7 Å². The van der Waals surface area contributed by atoms with E-state index in [0.717, 1.165) is 12.1 Å². The monoisotopic (exact) mass is 1040 g/mol. The molecule has 5 N–H and O–H groups in total. The van der Waals surface area contributed by atoms with Gasteiger partial charge in [0, 0.05) is 60.5 Å². The van der Waals surface area contributed by atoms with Gasteiger partial charge in [-0.25, -0.2) is 18.0 Å². The van der Waals surface area contributed by atoms with E-state index >= 15 is 0 Å². The van der Waals surface area contributed by atoms with E-state index < -0.39 is 46.2 Å². The van der Waals surface area contributed by atoms with Gasteiger partial charge < -0.3 is 26.1 Å². The van der Waals surface area contributed by atoms with Gasteiger partial charge in [-0.1, -0.05) is 23.7 Å². The van der Waals surface area contributed by atoms with Crippen LogP contribution in [0.2, 0.25) is 10.2 Å².